The number of amides is 1. The molecule has 0 heterocycles. The van der Waals surface area contributed by atoms with E-state index in [0.717, 1.165) is 0 Å². The molecule has 0 aliphatic heterocycles. The van der Waals surface area contributed by atoms with Crippen molar-refractivity contribution in [3.05, 3.63) is 65.0 Å². The first-order chi connectivity index (χ1) is 10.9. The smallest absolute Gasteiger partial charge is 0.387 e. The average Bonchev–Trinajstić information content (AvgIpc) is 2.50. The number of rotatable bonds is 6. The highest BCUT2D eigenvalue weighted by molar-refractivity contribution is 5.78. The Morgan fingerprint density at radius 2 is 1.78 bits per heavy atom. The molecule has 1 amide bonds. The normalized spacial score (nSPS) is 10.7. The third-order valence-electron chi connectivity index (χ3n) is 3.24. The Hall–Kier alpha value is -2.50. The van der Waals surface area contributed by atoms with E-state index in [1.165, 1.54) is 18.2 Å². The van der Waals surface area contributed by atoms with E-state index in [1.54, 1.807) is 31.2 Å². The molecule has 122 valence electrons. The lowest BCUT2D eigenvalue weighted by Crippen LogP contribution is -2.24. The van der Waals surface area contributed by atoms with Gasteiger partial charge in [-0.15, -0.1) is 0 Å². The molecule has 6 heteroatoms. The van der Waals surface area contributed by atoms with E-state index in [0.29, 0.717) is 16.7 Å². The molecule has 0 aromatic heterocycles. The molecule has 3 nitrogen and oxygen atoms in total. The van der Waals surface area contributed by atoms with Crippen molar-refractivity contribution in [1.82, 2.24) is 5.32 Å². The van der Waals surface area contributed by atoms with Gasteiger partial charge < -0.3 is 10.1 Å². The summed E-state index contributed by atoms with van der Waals surface area (Å²) >= 11 is 0. The van der Waals surface area contributed by atoms with E-state index < -0.39 is 6.61 Å². The summed E-state index contributed by atoms with van der Waals surface area (Å²) < 4.78 is 41.7. The maximum Gasteiger partial charge on any atom is 0.387 e. The van der Waals surface area contributed by atoms with Gasteiger partial charge in [-0.3, -0.25) is 4.79 Å². The summed E-state index contributed by atoms with van der Waals surface area (Å²) in [5.74, 6) is -0.515. The largest absolute Gasteiger partial charge is 0.435 e. The minimum absolute atomic E-state index is 0.0410. The molecule has 2 rings (SSSR count). The molecule has 0 aliphatic carbocycles. The first-order valence-electron chi connectivity index (χ1n) is 6.99. The van der Waals surface area contributed by atoms with Gasteiger partial charge >= 0.3 is 6.61 Å². The highest BCUT2D eigenvalue weighted by Gasteiger charge is 2.07. The first-order valence-corrected chi connectivity index (χ1v) is 6.99. The Bertz CT molecular complexity index is 672. The Morgan fingerprint density at radius 3 is 2.39 bits per heavy atom. The number of halogens is 3. The van der Waals surface area contributed by atoms with Gasteiger partial charge in [0.15, 0.2) is 0 Å². The quantitative estimate of drug-likeness (QED) is 0.882. The minimum atomic E-state index is -2.88. The molecular weight excluding hydrogens is 307 g/mol. The lowest BCUT2D eigenvalue weighted by molar-refractivity contribution is -0.120. The predicted octanol–water partition coefficient (Wildman–Crippen LogP) is 3.59. The Balaban J connectivity index is 1.85. The zero-order chi connectivity index (χ0) is 16.8. The number of carbonyl (C=O) groups is 1. The number of ether oxygens (including phenoxy) is 1. The SMILES string of the molecule is Cc1ccc(CNC(=O)Cc2ccc(OC(F)F)cc2)cc1F. The average molecular weight is 323 g/mol. The second kappa shape index (κ2) is 7.67. The van der Waals surface area contributed by atoms with Crippen LogP contribution >= 0.6 is 0 Å². The first kappa shape index (κ1) is 16.9. The number of hydrogen-bond acceptors (Lipinski definition) is 2. The summed E-state index contributed by atoms with van der Waals surface area (Å²) in [6, 6.07) is 10.6. The van der Waals surface area contributed by atoms with Crippen molar-refractivity contribution in [3.63, 3.8) is 0 Å². The fourth-order valence-corrected chi connectivity index (χ4v) is 1.98. The van der Waals surface area contributed by atoms with E-state index >= 15 is 0 Å². The van der Waals surface area contributed by atoms with Crippen molar-refractivity contribution in [3.8, 4) is 5.75 Å². The monoisotopic (exact) mass is 323 g/mol. The van der Waals surface area contributed by atoms with Crippen LogP contribution in [0.5, 0.6) is 5.75 Å². The summed E-state index contributed by atoms with van der Waals surface area (Å²) in [5.41, 5.74) is 1.88. The standard InChI is InChI=1S/C17H16F3NO2/c1-11-2-3-13(8-15(11)18)10-21-16(22)9-12-4-6-14(7-5-12)23-17(19)20/h2-8,17H,9-10H2,1H3,(H,21,22). The summed E-state index contributed by atoms with van der Waals surface area (Å²) in [7, 11) is 0. The van der Waals surface area contributed by atoms with E-state index in [-0.39, 0.29) is 30.4 Å². The minimum Gasteiger partial charge on any atom is -0.435 e. The third-order valence-corrected chi connectivity index (χ3v) is 3.24. The molecule has 23 heavy (non-hydrogen) atoms. The van der Waals surface area contributed by atoms with Crippen LogP contribution in [0.1, 0.15) is 16.7 Å². The fourth-order valence-electron chi connectivity index (χ4n) is 1.98. The van der Waals surface area contributed by atoms with Crippen molar-refractivity contribution in [2.75, 3.05) is 0 Å². The Morgan fingerprint density at radius 1 is 1.13 bits per heavy atom. The number of aryl methyl sites for hydroxylation is 1. The van der Waals surface area contributed by atoms with Crippen molar-refractivity contribution in [2.45, 2.75) is 26.5 Å². The van der Waals surface area contributed by atoms with E-state index in [4.69, 9.17) is 0 Å². The van der Waals surface area contributed by atoms with Crippen molar-refractivity contribution < 1.29 is 22.7 Å². The van der Waals surface area contributed by atoms with Crippen LogP contribution in [0, 0.1) is 12.7 Å². The van der Waals surface area contributed by atoms with Gasteiger partial charge in [0.25, 0.3) is 0 Å². The van der Waals surface area contributed by atoms with Gasteiger partial charge in [-0.25, -0.2) is 4.39 Å². The van der Waals surface area contributed by atoms with Crippen LogP contribution in [0.4, 0.5) is 13.2 Å². The van der Waals surface area contributed by atoms with Crippen molar-refractivity contribution in [1.29, 1.82) is 0 Å². The molecule has 0 atom stereocenters. The summed E-state index contributed by atoms with van der Waals surface area (Å²) in [4.78, 5) is 11.8. The number of hydrogen-bond donors (Lipinski definition) is 1. The van der Waals surface area contributed by atoms with Crippen LogP contribution in [-0.2, 0) is 17.8 Å². The van der Waals surface area contributed by atoms with Gasteiger partial charge in [-0.2, -0.15) is 8.78 Å². The van der Waals surface area contributed by atoms with Gasteiger partial charge in [0.1, 0.15) is 11.6 Å². The molecule has 2 aromatic carbocycles. The molecule has 2 aromatic rings. The van der Waals surface area contributed by atoms with E-state index in [9.17, 15) is 18.0 Å². The van der Waals surface area contributed by atoms with Crippen LogP contribution in [0.2, 0.25) is 0 Å². The number of alkyl halides is 2. The van der Waals surface area contributed by atoms with E-state index in [1.807, 2.05) is 0 Å². The zero-order valence-corrected chi connectivity index (χ0v) is 12.5. The van der Waals surface area contributed by atoms with E-state index in [2.05, 4.69) is 10.1 Å². The molecule has 0 unspecified atom stereocenters. The highest BCUT2D eigenvalue weighted by atomic mass is 19.3. The van der Waals surface area contributed by atoms with Gasteiger partial charge in [-0.1, -0.05) is 24.3 Å². The molecule has 0 saturated carbocycles. The van der Waals surface area contributed by atoms with Crippen LogP contribution in [0.25, 0.3) is 0 Å². The van der Waals surface area contributed by atoms with Gasteiger partial charge in [-0.05, 0) is 41.8 Å². The lowest BCUT2D eigenvalue weighted by atomic mass is 10.1. The Kier molecular flexibility index (Phi) is 5.62. The molecule has 0 aliphatic rings. The maximum atomic E-state index is 13.4. The van der Waals surface area contributed by atoms with Crippen LogP contribution < -0.4 is 10.1 Å². The second-order valence-corrected chi connectivity index (χ2v) is 5.06. The van der Waals surface area contributed by atoms with Gasteiger partial charge in [0.2, 0.25) is 5.91 Å². The van der Waals surface area contributed by atoms with Gasteiger partial charge in [0, 0.05) is 6.54 Å². The lowest BCUT2D eigenvalue weighted by Gasteiger charge is -2.08. The maximum absolute atomic E-state index is 13.4. The number of nitrogens with one attached hydrogen (secondary N) is 1. The summed E-state index contributed by atoms with van der Waals surface area (Å²) in [5, 5.41) is 2.68. The summed E-state index contributed by atoms with van der Waals surface area (Å²) in [6.45, 7) is -0.985. The topological polar surface area (TPSA) is 38.3 Å². The molecule has 0 bridgehead atoms. The van der Waals surface area contributed by atoms with Crippen molar-refractivity contribution >= 4 is 5.91 Å². The molecular formula is C17H16F3NO2. The highest BCUT2D eigenvalue weighted by Crippen LogP contribution is 2.15. The zero-order valence-electron chi connectivity index (χ0n) is 12.5. The van der Waals surface area contributed by atoms with Crippen LogP contribution in [-0.4, -0.2) is 12.5 Å². The Labute approximate surface area is 132 Å². The molecule has 0 fully saturated rings. The van der Waals surface area contributed by atoms with Crippen LogP contribution in [0.15, 0.2) is 42.5 Å². The molecule has 0 spiro atoms. The fraction of sp³-hybridized carbons (Fsp3) is 0.235. The van der Waals surface area contributed by atoms with Gasteiger partial charge in [0.05, 0.1) is 6.42 Å². The second-order valence-electron chi connectivity index (χ2n) is 5.06. The number of carbonyl (C=O) groups excluding carboxylic acids is 1. The molecule has 0 saturated heterocycles. The van der Waals surface area contributed by atoms with Crippen molar-refractivity contribution in [2.24, 2.45) is 0 Å². The molecule has 0 radical (unpaired) electrons. The van der Waals surface area contributed by atoms with Crippen LogP contribution in [0.3, 0.4) is 0 Å². The predicted molar refractivity (Wildman–Crippen MR) is 79.8 cm³/mol. The summed E-state index contributed by atoms with van der Waals surface area (Å²) in [6.07, 6.45) is 0.100. The molecule has 1 N–H and O–H groups in total. The number of benzene rings is 2. The third kappa shape index (κ3) is 5.32.